The predicted octanol–water partition coefficient (Wildman–Crippen LogP) is 1.77. The fourth-order valence-electron chi connectivity index (χ4n) is 2.20. The zero-order chi connectivity index (χ0) is 15.8. The van der Waals surface area contributed by atoms with Crippen LogP contribution in [-0.2, 0) is 13.6 Å². The van der Waals surface area contributed by atoms with Gasteiger partial charge in [0.2, 0.25) is 0 Å². The van der Waals surface area contributed by atoms with E-state index in [0.717, 1.165) is 44.3 Å². The third-order valence-electron chi connectivity index (χ3n) is 3.91. The second-order valence-corrected chi connectivity index (χ2v) is 5.73. The summed E-state index contributed by atoms with van der Waals surface area (Å²) in [5.74, 6) is 0. The topological polar surface area (TPSA) is 36.3 Å². The monoisotopic (exact) mass is 311 g/mol. The molecule has 120 valence electrons. The Bertz CT molecular complexity index is 439. The summed E-state index contributed by atoms with van der Waals surface area (Å²) in [6, 6.07) is 0. The highest BCUT2D eigenvalue weighted by Crippen LogP contribution is 2.08. The predicted molar refractivity (Wildman–Crippen MR) is 92.4 cm³/mol. The minimum Gasteiger partial charge on any atom is -0.363 e. The Morgan fingerprint density at radius 3 is 2.57 bits per heavy atom. The number of aryl methyl sites for hydroxylation is 1. The average molecular weight is 311 g/mol. The molecule has 0 saturated heterocycles. The van der Waals surface area contributed by atoms with Crippen molar-refractivity contribution in [2.75, 3.05) is 33.2 Å². The van der Waals surface area contributed by atoms with Gasteiger partial charge in [0.25, 0.3) is 0 Å². The van der Waals surface area contributed by atoms with Crippen molar-refractivity contribution in [3.63, 3.8) is 0 Å². The molecular formula is C15H29N5S. The smallest absolute Gasteiger partial charge is 0.168 e. The van der Waals surface area contributed by atoms with Crippen molar-refractivity contribution in [1.29, 1.82) is 0 Å². The highest BCUT2D eigenvalue weighted by molar-refractivity contribution is 7.80. The molecule has 6 heteroatoms. The Kier molecular flexibility index (Phi) is 7.67. The quantitative estimate of drug-likeness (QED) is 0.585. The van der Waals surface area contributed by atoms with Crippen LogP contribution in [0, 0.1) is 6.92 Å². The van der Waals surface area contributed by atoms with Gasteiger partial charge >= 0.3 is 0 Å². The Hall–Kier alpha value is -1.14. The first-order valence-corrected chi connectivity index (χ1v) is 8.09. The highest BCUT2D eigenvalue weighted by Gasteiger charge is 2.09. The fraction of sp³-hybridized carbons (Fsp3) is 0.733. The van der Waals surface area contributed by atoms with Crippen molar-refractivity contribution in [3.05, 3.63) is 17.5 Å². The first kappa shape index (κ1) is 17.9. The summed E-state index contributed by atoms with van der Waals surface area (Å²) in [7, 11) is 3.98. The minimum atomic E-state index is 0.793. The van der Waals surface area contributed by atoms with Crippen molar-refractivity contribution in [1.82, 2.24) is 24.9 Å². The lowest BCUT2D eigenvalue weighted by Crippen LogP contribution is -2.38. The van der Waals surface area contributed by atoms with Crippen LogP contribution < -0.4 is 5.32 Å². The molecule has 0 radical (unpaired) electrons. The van der Waals surface area contributed by atoms with Crippen LogP contribution in [0.3, 0.4) is 0 Å². The van der Waals surface area contributed by atoms with Crippen molar-refractivity contribution < 1.29 is 0 Å². The highest BCUT2D eigenvalue weighted by atomic mass is 32.1. The zero-order valence-corrected chi connectivity index (χ0v) is 14.8. The third kappa shape index (κ3) is 5.63. The van der Waals surface area contributed by atoms with Crippen molar-refractivity contribution in [2.45, 2.75) is 33.7 Å². The molecule has 0 aliphatic carbocycles. The van der Waals surface area contributed by atoms with Gasteiger partial charge in [-0.1, -0.05) is 13.8 Å². The minimum absolute atomic E-state index is 0.793. The molecule has 0 fully saturated rings. The molecule has 0 unspecified atom stereocenters. The number of rotatable bonds is 8. The van der Waals surface area contributed by atoms with E-state index >= 15 is 0 Å². The molecule has 0 bridgehead atoms. The normalized spacial score (nSPS) is 11.0. The molecule has 0 aromatic carbocycles. The van der Waals surface area contributed by atoms with Crippen LogP contribution in [0.4, 0.5) is 0 Å². The van der Waals surface area contributed by atoms with Crippen molar-refractivity contribution in [3.8, 4) is 0 Å². The van der Waals surface area contributed by atoms with E-state index in [1.807, 2.05) is 25.0 Å². The van der Waals surface area contributed by atoms with E-state index in [2.05, 4.69) is 41.0 Å². The van der Waals surface area contributed by atoms with Crippen LogP contribution in [0.2, 0.25) is 0 Å². The Labute approximate surface area is 134 Å². The summed E-state index contributed by atoms with van der Waals surface area (Å²) in [5, 5.41) is 8.40. The van der Waals surface area contributed by atoms with E-state index in [0.29, 0.717) is 0 Å². The number of nitrogens with one attached hydrogen (secondary N) is 1. The lowest BCUT2D eigenvalue weighted by Gasteiger charge is -2.22. The molecule has 0 saturated carbocycles. The molecule has 0 aliphatic rings. The number of nitrogens with zero attached hydrogens (tertiary/aromatic N) is 4. The molecule has 1 aromatic heterocycles. The molecule has 21 heavy (non-hydrogen) atoms. The van der Waals surface area contributed by atoms with E-state index in [1.54, 1.807) is 0 Å². The van der Waals surface area contributed by atoms with Crippen LogP contribution >= 0.6 is 12.2 Å². The summed E-state index contributed by atoms with van der Waals surface area (Å²) in [6.07, 6.45) is 3.02. The molecule has 1 rings (SSSR count). The summed E-state index contributed by atoms with van der Waals surface area (Å²) >= 11 is 5.44. The van der Waals surface area contributed by atoms with Crippen molar-refractivity contribution in [2.24, 2.45) is 7.05 Å². The van der Waals surface area contributed by atoms with Gasteiger partial charge in [0.1, 0.15) is 0 Å². The van der Waals surface area contributed by atoms with Crippen molar-refractivity contribution >= 4 is 17.3 Å². The second kappa shape index (κ2) is 9.00. The maximum Gasteiger partial charge on any atom is 0.168 e. The van der Waals surface area contributed by atoms with Gasteiger partial charge in [0.05, 0.1) is 6.20 Å². The van der Waals surface area contributed by atoms with Crippen LogP contribution in [0.5, 0.6) is 0 Å². The lowest BCUT2D eigenvalue weighted by molar-refractivity contribution is 0.299. The van der Waals surface area contributed by atoms with Gasteiger partial charge in [-0.05, 0) is 45.2 Å². The standard InChI is InChI=1S/C15H29N5S/c1-6-20(7-2)10-8-9-16-15(21)18(4)12-14-11-17-19(5)13(14)3/h11H,6-10,12H2,1-5H3,(H,16,21). The molecule has 0 aliphatic heterocycles. The van der Waals surface area contributed by atoms with Crippen LogP contribution in [0.1, 0.15) is 31.5 Å². The molecule has 0 amide bonds. The number of thiocarbonyl (C=S) groups is 1. The molecule has 0 atom stereocenters. The summed E-state index contributed by atoms with van der Waals surface area (Å²) < 4.78 is 1.89. The van der Waals surface area contributed by atoms with E-state index < -0.39 is 0 Å². The SMILES string of the molecule is CCN(CC)CCCNC(=S)N(C)Cc1cnn(C)c1C. The Morgan fingerprint density at radius 1 is 1.38 bits per heavy atom. The number of aromatic nitrogens is 2. The van der Waals surface area contributed by atoms with Gasteiger partial charge in [-0.15, -0.1) is 0 Å². The zero-order valence-electron chi connectivity index (χ0n) is 14.0. The molecular weight excluding hydrogens is 282 g/mol. The number of hydrogen-bond donors (Lipinski definition) is 1. The maximum absolute atomic E-state index is 5.44. The second-order valence-electron chi connectivity index (χ2n) is 5.35. The largest absolute Gasteiger partial charge is 0.363 e. The van der Waals surface area contributed by atoms with Crippen LogP contribution in [-0.4, -0.2) is 57.9 Å². The molecule has 1 N–H and O–H groups in total. The van der Waals surface area contributed by atoms with Crippen LogP contribution in [0.25, 0.3) is 0 Å². The van der Waals surface area contributed by atoms with E-state index in [9.17, 15) is 0 Å². The summed E-state index contributed by atoms with van der Waals surface area (Å²) in [5.41, 5.74) is 2.40. The molecule has 1 heterocycles. The average Bonchev–Trinajstić information content (AvgIpc) is 2.79. The first-order chi connectivity index (χ1) is 9.99. The summed E-state index contributed by atoms with van der Waals surface area (Å²) in [4.78, 5) is 4.49. The van der Waals surface area contributed by atoms with Gasteiger partial charge in [-0.3, -0.25) is 4.68 Å². The van der Waals surface area contributed by atoms with E-state index in [-0.39, 0.29) is 0 Å². The van der Waals surface area contributed by atoms with Gasteiger partial charge in [-0.2, -0.15) is 5.10 Å². The van der Waals surface area contributed by atoms with Gasteiger partial charge in [-0.25, -0.2) is 0 Å². The Balaban J connectivity index is 2.30. The van der Waals surface area contributed by atoms with Gasteiger partial charge < -0.3 is 15.1 Å². The lowest BCUT2D eigenvalue weighted by atomic mass is 10.2. The van der Waals surface area contributed by atoms with Crippen LogP contribution in [0.15, 0.2) is 6.20 Å². The van der Waals surface area contributed by atoms with E-state index in [1.165, 1.54) is 11.3 Å². The van der Waals surface area contributed by atoms with Gasteiger partial charge in [0, 0.05) is 38.4 Å². The summed E-state index contributed by atoms with van der Waals surface area (Å²) in [6.45, 7) is 11.5. The van der Waals surface area contributed by atoms with E-state index in [4.69, 9.17) is 12.2 Å². The van der Waals surface area contributed by atoms with Gasteiger partial charge in [0.15, 0.2) is 5.11 Å². The first-order valence-electron chi connectivity index (χ1n) is 7.68. The fourth-order valence-corrected chi connectivity index (χ4v) is 2.37. The maximum atomic E-state index is 5.44. The Morgan fingerprint density at radius 2 is 2.05 bits per heavy atom. The molecule has 0 spiro atoms. The molecule has 5 nitrogen and oxygen atoms in total. The molecule has 1 aromatic rings. The number of hydrogen-bond acceptors (Lipinski definition) is 3. The third-order valence-corrected chi connectivity index (χ3v) is 4.37.